The third kappa shape index (κ3) is 1.12. The van der Waals surface area contributed by atoms with Gasteiger partial charge in [0.05, 0.1) is 30.4 Å². The molecule has 2 aliphatic rings. The molecular formula is C14H14N2O. The third-order valence-corrected chi connectivity index (χ3v) is 4.22. The molecule has 1 fully saturated rings. The highest BCUT2D eigenvalue weighted by molar-refractivity contribution is 5.69. The average molecular weight is 226 g/mol. The van der Waals surface area contributed by atoms with Crippen molar-refractivity contribution in [3.05, 3.63) is 42.4 Å². The molecule has 0 spiro atoms. The van der Waals surface area contributed by atoms with E-state index in [1.54, 1.807) is 0 Å². The maximum Gasteiger partial charge on any atom is 0.0956 e. The highest BCUT2D eigenvalue weighted by atomic mass is 16.3. The second-order valence-corrected chi connectivity index (χ2v) is 5.03. The molecule has 0 amide bonds. The quantitative estimate of drug-likeness (QED) is 0.809. The monoisotopic (exact) mass is 226 g/mol. The number of aromatic nitrogens is 2. The highest BCUT2D eigenvalue weighted by Gasteiger charge is 2.41. The summed E-state index contributed by atoms with van der Waals surface area (Å²) < 4.78 is 2.22. The van der Waals surface area contributed by atoms with Crippen LogP contribution in [0.3, 0.4) is 0 Å². The maximum atomic E-state index is 9.92. The van der Waals surface area contributed by atoms with E-state index in [-0.39, 0.29) is 12.1 Å². The molecular weight excluding hydrogens is 212 g/mol. The van der Waals surface area contributed by atoms with Crippen molar-refractivity contribution < 1.29 is 5.11 Å². The zero-order valence-electron chi connectivity index (χ0n) is 9.45. The van der Waals surface area contributed by atoms with E-state index in [0.717, 1.165) is 12.8 Å². The van der Waals surface area contributed by atoms with Crippen LogP contribution >= 0.6 is 0 Å². The van der Waals surface area contributed by atoms with Crippen LogP contribution in [0.25, 0.3) is 11.3 Å². The Bertz CT molecular complexity index is 575. The van der Waals surface area contributed by atoms with Crippen molar-refractivity contribution in [2.45, 2.75) is 25.0 Å². The molecule has 3 heteroatoms. The summed E-state index contributed by atoms with van der Waals surface area (Å²) in [4.78, 5) is 4.24. The van der Waals surface area contributed by atoms with Gasteiger partial charge in [0, 0.05) is 11.5 Å². The van der Waals surface area contributed by atoms with Gasteiger partial charge in [0.15, 0.2) is 0 Å². The summed E-state index contributed by atoms with van der Waals surface area (Å²) in [6, 6.07) is 8.76. The van der Waals surface area contributed by atoms with Crippen molar-refractivity contribution in [3.8, 4) is 11.3 Å². The van der Waals surface area contributed by atoms with Crippen LogP contribution in [0.15, 0.2) is 36.8 Å². The van der Waals surface area contributed by atoms with Crippen LogP contribution in [-0.4, -0.2) is 20.8 Å². The molecule has 1 aromatic carbocycles. The minimum Gasteiger partial charge on any atom is -0.393 e. The van der Waals surface area contributed by atoms with Crippen LogP contribution in [0.4, 0.5) is 0 Å². The Hall–Kier alpha value is -1.61. The molecule has 0 radical (unpaired) electrons. The number of benzene rings is 1. The number of nitrogens with zero attached hydrogens (tertiary/aromatic N) is 2. The van der Waals surface area contributed by atoms with Gasteiger partial charge in [0.2, 0.25) is 0 Å². The number of fused-ring (bicyclic) bond motifs is 3. The van der Waals surface area contributed by atoms with Crippen LogP contribution in [0.1, 0.15) is 24.4 Å². The Morgan fingerprint density at radius 3 is 2.88 bits per heavy atom. The lowest BCUT2D eigenvalue weighted by atomic mass is 9.74. The first-order chi connectivity index (χ1) is 8.36. The number of hydrogen-bond donors (Lipinski definition) is 1. The van der Waals surface area contributed by atoms with Crippen LogP contribution in [-0.2, 0) is 0 Å². The minimum atomic E-state index is -0.151. The van der Waals surface area contributed by atoms with Crippen molar-refractivity contribution in [1.82, 2.24) is 9.55 Å². The Labute approximate surface area is 99.7 Å². The SMILES string of the molecule is O[C@@H]1CC[C@@H]1[C@H]1c2ccccc2-c2cncn21. The lowest BCUT2D eigenvalue weighted by Crippen LogP contribution is -2.37. The summed E-state index contributed by atoms with van der Waals surface area (Å²) in [5, 5.41) is 9.92. The molecule has 0 unspecified atom stereocenters. The fraction of sp³-hybridized carbons (Fsp3) is 0.357. The van der Waals surface area contributed by atoms with E-state index in [4.69, 9.17) is 0 Å². The number of aliphatic hydroxyl groups is 1. The lowest BCUT2D eigenvalue weighted by Gasteiger charge is -2.38. The first-order valence-corrected chi connectivity index (χ1v) is 6.15. The first kappa shape index (κ1) is 9.42. The molecule has 0 bridgehead atoms. The molecule has 86 valence electrons. The molecule has 3 nitrogen and oxygen atoms in total. The van der Waals surface area contributed by atoms with Crippen molar-refractivity contribution in [1.29, 1.82) is 0 Å². The first-order valence-electron chi connectivity index (χ1n) is 6.15. The van der Waals surface area contributed by atoms with E-state index >= 15 is 0 Å². The lowest BCUT2D eigenvalue weighted by molar-refractivity contribution is 0.00415. The maximum absolute atomic E-state index is 9.92. The summed E-state index contributed by atoms with van der Waals surface area (Å²) >= 11 is 0. The van der Waals surface area contributed by atoms with Gasteiger partial charge in [-0.1, -0.05) is 24.3 Å². The fourth-order valence-corrected chi connectivity index (χ4v) is 3.19. The number of hydrogen-bond acceptors (Lipinski definition) is 2. The van der Waals surface area contributed by atoms with Gasteiger partial charge in [-0.3, -0.25) is 0 Å². The van der Waals surface area contributed by atoms with E-state index in [1.165, 1.54) is 16.8 Å². The second-order valence-electron chi connectivity index (χ2n) is 5.03. The third-order valence-electron chi connectivity index (χ3n) is 4.22. The van der Waals surface area contributed by atoms with Crippen LogP contribution < -0.4 is 0 Å². The van der Waals surface area contributed by atoms with Gasteiger partial charge in [-0.25, -0.2) is 4.98 Å². The second kappa shape index (κ2) is 3.20. The van der Waals surface area contributed by atoms with E-state index in [2.05, 4.69) is 33.8 Å². The van der Waals surface area contributed by atoms with Crippen molar-refractivity contribution in [2.75, 3.05) is 0 Å². The van der Waals surface area contributed by atoms with Gasteiger partial charge in [0.25, 0.3) is 0 Å². The Kier molecular flexibility index (Phi) is 1.77. The fourth-order valence-electron chi connectivity index (χ4n) is 3.19. The van der Waals surface area contributed by atoms with Gasteiger partial charge in [-0.2, -0.15) is 0 Å². The average Bonchev–Trinajstić information content (AvgIpc) is 2.91. The molecule has 1 aromatic heterocycles. The Morgan fingerprint density at radius 1 is 1.24 bits per heavy atom. The molecule has 3 atom stereocenters. The molecule has 0 saturated heterocycles. The molecule has 1 aliphatic carbocycles. The Balaban J connectivity index is 1.90. The molecule has 2 heterocycles. The topological polar surface area (TPSA) is 38.1 Å². The van der Waals surface area contributed by atoms with E-state index in [9.17, 15) is 5.11 Å². The molecule has 1 N–H and O–H groups in total. The Morgan fingerprint density at radius 2 is 2.12 bits per heavy atom. The largest absolute Gasteiger partial charge is 0.393 e. The summed E-state index contributed by atoms with van der Waals surface area (Å²) in [5.74, 6) is 0.353. The van der Waals surface area contributed by atoms with Gasteiger partial charge in [-0.15, -0.1) is 0 Å². The van der Waals surface area contributed by atoms with Gasteiger partial charge in [0.1, 0.15) is 0 Å². The number of rotatable bonds is 1. The number of imidazole rings is 1. The van der Waals surface area contributed by atoms with Crippen molar-refractivity contribution in [2.24, 2.45) is 5.92 Å². The molecule has 4 rings (SSSR count). The summed E-state index contributed by atoms with van der Waals surface area (Å²) in [7, 11) is 0. The number of aliphatic hydroxyl groups excluding tert-OH is 1. The summed E-state index contributed by atoms with van der Waals surface area (Å²) in [6.07, 6.45) is 5.71. The summed E-state index contributed by atoms with van der Waals surface area (Å²) in [6.45, 7) is 0. The van der Waals surface area contributed by atoms with E-state index in [1.807, 2.05) is 12.5 Å². The zero-order chi connectivity index (χ0) is 11.4. The van der Waals surface area contributed by atoms with Crippen molar-refractivity contribution in [3.63, 3.8) is 0 Å². The van der Waals surface area contributed by atoms with Crippen molar-refractivity contribution >= 4 is 0 Å². The van der Waals surface area contributed by atoms with Gasteiger partial charge < -0.3 is 9.67 Å². The molecule has 1 aliphatic heterocycles. The zero-order valence-corrected chi connectivity index (χ0v) is 9.45. The smallest absolute Gasteiger partial charge is 0.0956 e. The standard InChI is InChI=1S/C14H14N2O/c17-13-6-5-11(13)14-10-4-2-1-3-9(10)12-7-15-8-16(12)14/h1-4,7-8,11,13-14,17H,5-6H2/t11-,13+,14+/m0/s1. The van der Waals surface area contributed by atoms with E-state index < -0.39 is 0 Å². The van der Waals surface area contributed by atoms with Gasteiger partial charge >= 0.3 is 0 Å². The predicted molar refractivity (Wildman–Crippen MR) is 64.5 cm³/mol. The predicted octanol–water partition coefficient (Wildman–Crippen LogP) is 2.22. The molecule has 2 aromatic rings. The van der Waals surface area contributed by atoms with Gasteiger partial charge in [-0.05, 0) is 18.4 Å². The summed E-state index contributed by atoms with van der Waals surface area (Å²) in [5.41, 5.74) is 3.80. The van der Waals surface area contributed by atoms with E-state index in [0.29, 0.717) is 5.92 Å². The van der Waals surface area contributed by atoms with Crippen LogP contribution in [0.2, 0.25) is 0 Å². The molecule has 17 heavy (non-hydrogen) atoms. The molecule has 1 saturated carbocycles. The van der Waals surface area contributed by atoms with Crippen LogP contribution in [0.5, 0.6) is 0 Å². The normalized spacial score (nSPS) is 29.6. The van der Waals surface area contributed by atoms with Crippen LogP contribution in [0, 0.1) is 5.92 Å². The highest BCUT2D eigenvalue weighted by Crippen LogP contribution is 2.48. The minimum absolute atomic E-state index is 0.151.